The first-order valence-corrected chi connectivity index (χ1v) is 6.28. The maximum Gasteiger partial charge on any atom is -0.0236 e. The van der Waals surface area contributed by atoms with Gasteiger partial charge in [-0.1, -0.05) is 32.1 Å². The lowest BCUT2D eigenvalue weighted by Crippen LogP contribution is -2.24. The molecule has 2 rings (SSSR count). The second-order valence-corrected chi connectivity index (χ2v) is 5.60. The predicted octanol–water partition coefficient (Wildman–Crippen LogP) is 3.61. The van der Waals surface area contributed by atoms with Crippen LogP contribution in [0, 0.1) is 11.8 Å². The van der Waals surface area contributed by atoms with Crippen molar-refractivity contribution in [2.24, 2.45) is 11.8 Å². The molecule has 70 valence electrons. The van der Waals surface area contributed by atoms with Gasteiger partial charge in [-0.2, -0.15) is 0 Å². The minimum Gasteiger partial charge on any atom is -0.134 e. The van der Waals surface area contributed by atoms with Crippen molar-refractivity contribution in [1.29, 1.82) is 0 Å². The third-order valence-electron chi connectivity index (χ3n) is 3.83. The van der Waals surface area contributed by atoms with Crippen LogP contribution in [-0.4, -0.2) is 5.66 Å². The topological polar surface area (TPSA) is 0 Å². The largest absolute Gasteiger partial charge is 0.134 e. The minimum atomic E-state index is 0.958. The Bertz CT molecular complexity index is 140. The average Bonchev–Trinajstić information content (AvgIpc) is 2.00. The van der Waals surface area contributed by atoms with E-state index in [0.29, 0.717) is 0 Å². The zero-order chi connectivity index (χ0) is 8.39. The zero-order valence-corrected chi connectivity index (χ0v) is 9.12. The Morgan fingerprint density at radius 3 is 2.25 bits per heavy atom. The Morgan fingerprint density at radius 2 is 1.67 bits per heavy atom. The number of hydrogen-bond acceptors (Lipinski definition) is 0. The Hall–Kier alpha value is 0.430. The van der Waals surface area contributed by atoms with E-state index in [4.69, 9.17) is 0 Å². The van der Waals surface area contributed by atoms with Crippen LogP contribution in [0.3, 0.4) is 0 Å². The summed E-state index contributed by atoms with van der Waals surface area (Å²) in [5, 5.41) is 0. The molecule has 0 aromatic rings. The van der Waals surface area contributed by atoms with Crippen molar-refractivity contribution in [1.82, 2.24) is 0 Å². The van der Waals surface area contributed by atoms with Gasteiger partial charge in [-0.05, 0) is 36.8 Å². The molecular weight excluding hydrogens is 163 g/mol. The zero-order valence-electron chi connectivity index (χ0n) is 7.97. The fourth-order valence-corrected chi connectivity index (χ4v) is 3.27. The third kappa shape index (κ3) is 2.02. The molecule has 0 N–H and O–H groups in total. The molecule has 2 aliphatic carbocycles. The highest BCUT2D eigenvalue weighted by molar-refractivity contribution is 7.17. The van der Waals surface area contributed by atoms with Gasteiger partial charge in [-0.15, -0.1) is 9.24 Å². The number of hydrogen-bond donors (Lipinski definition) is 0. The molecule has 0 aromatic heterocycles. The maximum absolute atomic E-state index is 3.08. The first kappa shape index (κ1) is 9.00. The van der Waals surface area contributed by atoms with Gasteiger partial charge in [0, 0.05) is 0 Å². The van der Waals surface area contributed by atoms with Crippen LogP contribution in [0.25, 0.3) is 0 Å². The average molecular weight is 184 g/mol. The van der Waals surface area contributed by atoms with E-state index in [0.717, 1.165) is 17.5 Å². The maximum atomic E-state index is 3.08. The second-order valence-electron chi connectivity index (χ2n) is 4.74. The van der Waals surface area contributed by atoms with E-state index in [1.165, 1.54) is 44.9 Å². The van der Waals surface area contributed by atoms with E-state index in [2.05, 4.69) is 9.24 Å². The summed E-state index contributed by atoms with van der Waals surface area (Å²) in [7, 11) is 3.08. The van der Waals surface area contributed by atoms with Crippen molar-refractivity contribution in [3.63, 3.8) is 0 Å². The summed E-state index contributed by atoms with van der Waals surface area (Å²) in [5.74, 6) is 2.19. The fraction of sp³-hybridized carbons (Fsp3) is 1.00. The van der Waals surface area contributed by atoms with Gasteiger partial charge in [-0.3, -0.25) is 0 Å². The van der Waals surface area contributed by atoms with Crippen molar-refractivity contribution >= 4 is 9.24 Å². The first-order chi connectivity index (χ1) is 5.86. The van der Waals surface area contributed by atoms with Crippen LogP contribution >= 0.6 is 9.24 Å². The van der Waals surface area contributed by atoms with Gasteiger partial charge in [-0.25, -0.2) is 0 Å². The summed E-state index contributed by atoms with van der Waals surface area (Å²) in [6, 6.07) is 0. The summed E-state index contributed by atoms with van der Waals surface area (Å²) in [6.45, 7) is 0. The molecule has 0 aliphatic heterocycles. The van der Waals surface area contributed by atoms with Crippen LogP contribution in [0.4, 0.5) is 0 Å². The van der Waals surface area contributed by atoms with Gasteiger partial charge in [0.25, 0.3) is 0 Å². The summed E-state index contributed by atoms with van der Waals surface area (Å²) < 4.78 is 0. The molecule has 12 heavy (non-hydrogen) atoms. The minimum absolute atomic E-state index is 0.958. The van der Waals surface area contributed by atoms with Crippen molar-refractivity contribution in [2.75, 3.05) is 0 Å². The molecule has 0 spiro atoms. The van der Waals surface area contributed by atoms with Crippen LogP contribution in [0.5, 0.6) is 0 Å². The SMILES string of the molecule is PC1CCCCC1CC1CCC1. The third-order valence-corrected chi connectivity index (χ3v) is 4.71. The summed E-state index contributed by atoms with van der Waals surface area (Å²) in [5.41, 5.74) is 0.958. The molecule has 3 atom stereocenters. The van der Waals surface area contributed by atoms with Crippen molar-refractivity contribution in [3.8, 4) is 0 Å². The standard InChI is InChI=1S/C11H21P/c12-11-7-2-1-6-10(11)8-9-4-3-5-9/h9-11H,1-8,12H2. The molecule has 0 amide bonds. The molecule has 0 aromatic carbocycles. The molecule has 0 saturated heterocycles. The van der Waals surface area contributed by atoms with Crippen molar-refractivity contribution < 1.29 is 0 Å². The molecule has 0 heterocycles. The summed E-state index contributed by atoms with van der Waals surface area (Å²) in [4.78, 5) is 0. The molecule has 0 bridgehead atoms. The molecule has 2 aliphatic rings. The van der Waals surface area contributed by atoms with Gasteiger partial charge < -0.3 is 0 Å². The van der Waals surface area contributed by atoms with Gasteiger partial charge in [0.15, 0.2) is 0 Å². The Labute approximate surface area is 78.7 Å². The van der Waals surface area contributed by atoms with Crippen molar-refractivity contribution in [2.45, 2.75) is 57.0 Å². The van der Waals surface area contributed by atoms with E-state index >= 15 is 0 Å². The molecule has 0 nitrogen and oxygen atoms in total. The lowest BCUT2D eigenvalue weighted by Gasteiger charge is -2.35. The predicted molar refractivity (Wildman–Crippen MR) is 57.4 cm³/mol. The quantitative estimate of drug-likeness (QED) is 0.575. The van der Waals surface area contributed by atoms with Crippen LogP contribution in [0.1, 0.15) is 51.4 Å². The van der Waals surface area contributed by atoms with E-state index in [-0.39, 0.29) is 0 Å². The van der Waals surface area contributed by atoms with E-state index < -0.39 is 0 Å². The molecule has 0 radical (unpaired) electrons. The Morgan fingerprint density at radius 1 is 0.917 bits per heavy atom. The fourth-order valence-electron chi connectivity index (χ4n) is 2.69. The van der Waals surface area contributed by atoms with Gasteiger partial charge in [0.2, 0.25) is 0 Å². The molecule has 3 unspecified atom stereocenters. The summed E-state index contributed by atoms with van der Waals surface area (Å²) >= 11 is 0. The highest BCUT2D eigenvalue weighted by atomic mass is 31.0. The van der Waals surface area contributed by atoms with E-state index in [1.54, 1.807) is 6.42 Å². The van der Waals surface area contributed by atoms with Crippen LogP contribution in [-0.2, 0) is 0 Å². The van der Waals surface area contributed by atoms with Crippen LogP contribution in [0.15, 0.2) is 0 Å². The first-order valence-electron chi connectivity index (χ1n) is 5.62. The second kappa shape index (κ2) is 4.09. The van der Waals surface area contributed by atoms with Crippen molar-refractivity contribution in [3.05, 3.63) is 0 Å². The van der Waals surface area contributed by atoms with E-state index in [1.807, 2.05) is 0 Å². The highest BCUT2D eigenvalue weighted by Gasteiger charge is 2.27. The highest BCUT2D eigenvalue weighted by Crippen LogP contribution is 2.39. The molecular formula is C11H21P. The van der Waals surface area contributed by atoms with Crippen LogP contribution < -0.4 is 0 Å². The van der Waals surface area contributed by atoms with Gasteiger partial charge >= 0.3 is 0 Å². The summed E-state index contributed by atoms with van der Waals surface area (Å²) in [6.07, 6.45) is 12.1. The number of rotatable bonds is 2. The monoisotopic (exact) mass is 184 g/mol. The van der Waals surface area contributed by atoms with E-state index in [9.17, 15) is 0 Å². The van der Waals surface area contributed by atoms with Gasteiger partial charge in [0.1, 0.15) is 0 Å². The lowest BCUT2D eigenvalue weighted by molar-refractivity contribution is 0.220. The Kier molecular flexibility index (Phi) is 3.07. The van der Waals surface area contributed by atoms with Crippen LogP contribution in [0.2, 0.25) is 0 Å². The lowest BCUT2D eigenvalue weighted by atomic mass is 9.75. The molecule has 2 saturated carbocycles. The Balaban J connectivity index is 1.76. The van der Waals surface area contributed by atoms with Gasteiger partial charge in [0.05, 0.1) is 0 Å². The smallest absolute Gasteiger partial charge is 0.0236 e. The normalized spacial score (nSPS) is 37.8. The molecule has 2 fully saturated rings. The molecule has 1 heteroatoms.